The Balaban J connectivity index is 0.00000288. The molecule has 0 aliphatic heterocycles. The van der Waals surface area contributed by atoms with E-state index in [4.69, 9.17) is 5.73 Å². The highest BCUT2D eigenvalue weighted by Crippen LogP contribution is 2.32. The van der Waals surface area contributed by atoms with Crippen molar-refractivity contribution in [3.05, 3.63) is 46.3 Å². The number of anilines is 1. The lowest BCUT2D eigenvalue weighted by atomic mass is 10.1. The number of amides is 1. The van der Waals surface area contributed by atoms with Gasteiger partial charge in [-0.05, 0) is 37.6 Å². The fourth-order valence-corrected chi connectivity index (χ4v) is 2.34. The number of aromatic nitrogens is 2. The van der Waals surface area contributed by atoms with E-state index in [1.54, 1.807) is 25.6 Å². The molecule has 132 valence electrons. The Kier molecular flexibility index (Phi) is 6.02. The minimum atomic E-state index is -4.51. The summed E-state index contributed by atoms with van der Waals surface area (Å²) in [5.41, 5.74) is 6.40. The second-order valence-corrected chi connectivity index (χ2v) is 5.24. The first-order valence-corrected chi connectivity index (χ1v) is 6.86. The van der Waals surface area contributed by atoms with Crippen molar-refractivity contribution in [2.24, 2.45) is 12.8 Å². The maximum Gasteiger partial charge on any atom is 0.416 e. The average Bonchev–Trinajstić information content (AvgIpc) is 2.70. The molecule has 1 amide bonds. The zero-order valence-electron chi connectivity index (χ0n) is 13.4. The Morgan fingerprint density at radius 1 is 1.29 bits per heavy atom. The summed E-state index contributed by atoms with van der Waals surface area (Å²) in [7, 11) is 1.69. The molecule has 0 saturated heterocycles. The smallest absolute Gasteiger partial charge is 0.326 e. The largest absolute Gasteiger partial charge is 0.416 e. The van der Waals surface area contributed by atoms with Gasteiger partial charge in [-0.25, -0.2) is 0 Å². The molecular formula is C15H18ClF3N4O. The minimum absolute atomic E-state index is 0. The fraction of sp³-hybridized carbons (Fsp3) is 0.333. The number of aryl methyl sites for hydroxylation is 2. The molecule has 3 N–H and O–H groups in total. The topological polar surface area (TPSA) is 72.9 Å². The zero-order chi connectivity index (χ0) is 17.4. The number of benzene rings is 1. The highest BCUT2D eigenvalue weighted by atomic mass is 35.5. The third kappa shape index (κ3) is 4.07. The molecule has 24 heavy (non-hydrogen) atoms. The monoisotopic (exact) mass is 362 g/mol. The Hall–Kier alpha value is -2.06. The number of hydrogen-bond donors (Lipinski definition) is 2. The van der Waals surface area contributed by atoms with Gasteiger partial charge in [-0.1, -0.05) is 0 Å². The van der Waals surface area contributed by atoms with Gasteiger partial charge < -0.3 is 11.1 Å². The summed E-state index contributed by atoms with van der Waals surface area (Å²) < 4.78 is 40.3. The van der Waals surface area contributed by atoms with E-state index in [9.17, 15) is 18.0 Å². The number of hydrogen-bond acceptors (Lipinski definition) is 3. The van der Waals surface area contributed by atoms with Crippen molar-refractivity contribution >= 4 is 24.0 Å². The van der Waals surface area contributed by atoms with Gasteiger partial charge in [0.2, 0.25) is 0 Å². The minimum Gasteiger partial charge on any atom is -0.326 e. The fourth-order valence-electron chi connectivity index (χ4n) is 2.34. The van der Waals surface area contributed by atoms with E-state index < -0.39 is 17.6 Å². The van der Waals surface area contributed by atoms with Crippen LogP contribution in [0.5, 0.6) is 0 Å². The Bertz CT molecular complexity index is 756. The Labute approximate surface area is 143 Å². The molecule has 9 heteroatoms. The molecule has 0 unspecified atom stereocenters. The second kappa shape index (κ2) is 7.23. The van der Waals surface area contributed by atoms with Crippen LogP contribution in [0, 0.1) is 13.8 Å². The normalized spacial score (nSPS) is 11.1. The van der Waals surface area contributed by atoms with Crippen molar-refractivity contribution in [2.45, 2.75) is 26.6 Å². The number of nitrogens with two attached hydrogens (primary N) is 1. The summed E-state index contributed by atoms with van der Waals surface area (Å²) in [4.78, 5) is 12.4. The zero-order valence-corrected chi connectivity index (χ0v) is 14.2. The van der Waals surface area contributed by atoms with Crippen LogP contribution in [0.1, 0.15) is 32.9 Å². The molecule has 0 aliphatic rings. The van der Waals surface area contributed by atoms with Crippen LogP contribution in [0.4, 0.5) is 18.9 Å². The molecular weight excluding hydrogens is 345 g/mol. The number of halogens is 4. The quantitative estimate of drug-likeness (QED) is 0.880. The van der Waals surface area contributed by atoms with Gasteiger partial charge in [-0.15, -0.1) is 12.4 Å². The van der Waals surface area contributed by atoms with Crippen LogP contribution in [-0.4, -0.2) is 15.7 Å². The van der Waals surface area contributed by atoms with Crippen molar-refractivity contribution in [1.29, 1.82) is 0 Å². The van der Waals surface area contributed by atoms with Crippen molar-refractivity contribution in [2.75, 3.05) is 5.32 Å². The van der Waals surface area contributed by atoms with E-state index in [1.807, 2.05) is 0 Å². The van der Waals surface area contributed by atoms with Gasteiger partial charge in [-0.2, -0.15) is 18.3 Å². The van der Waals surface area contributed by atoms with E-state index in [-0.39, 0.29) is 30.2 Å². The molecule has 0 spiro atoms. The number of carbonyl (C=O) groups excluding carboxylic acids is 1. The standard InChI is InChI=1S/C15H17F3N4O.ClH/c1-8-13(9(2)22(3)21-8)14(23)20-12-5-10(7-19)4-11(6-12)15(16,17)18;/h4-6H,7,19H2,1-3H3,(H,20,23);1H. The predicted octanol–water partition coefficient (Wildman–Crippen LogP) is 3.19. The lowest BCUT2D eigenvalue weighted by Gasteiger charge is -2.12. The Morgan fingerprint density at radius 3 is 2.38 bits per heavy atom. The van der Waals surface area contributed by atoms with Gasteiger partial charge in [0.15, 0.2) is 0 Å². The Morgan fingerprint density at radius 2 is 1.92 bits per heavy atom. The van der Waals surface area contributed by atoms with E-state index in [2.05, 4.69) is 10.4 Å². The van der Waals surface area contributed by atoms with Crippen LogP contribution in [0.2, 0.25) is 0 Å². The van der Waals surface area contributed by atoms with Gasteiger partial charge >= 0.3 is 6.18 Å². The lowest BCUT2D eigenvalue weighted by molar-refractivity contribution is -0.137. The molecule has 0 bridgehead atoms. The average molecular weight is 363 g/mol. The molecule has 0 aliphatic carbocycles. The molecule has 0 radical (unpaired) electrons. The molecule has 1 aromatic heterocycles. The van der Waals surface area contributed by atoms with Gasteiger partial charge in [0, 0.05) is 25.0 Å². The molecule has 1 heterocycles. The van der Waals surface area contributed by atoms with Gasteiger partial charge in [0.05, 0.1) is 16.8 Å². The summed E-state index contributed by atoms with van der Waals surface area (Å²) in [6, 6.07) is 3.28. The van der Waals surface area contributed by atoms with E-state index in [0.29, 0.717) is 17.0 Å². The van der Waals surface area contributed by atoms with E-state index in [0.717, 1.165) is 12.1 Å². The van der Waals surface area contributed by atoms with Gasteiger partial charge in [0.1, 0.15) is 0 Å². The summed E-state index contributed by atoms with van der Waals surface area (Å²) in [6.07, 6.45) is -4.51. The lowest BCUT2D eigenvalue weighted by Crippen LogP contribution is -2.16. The first-order chi connectivity index (χ1) is 10.6. The highest BCUT2D eigenvalue weighted by molar-refractivity contribution is 6.05. The highest BCUT2D eigenvalue weighted by Gasteiger charge is 2.31. The predicted molar refractivity (Wildman–Crippen MR) is 87.2 cm³/mol. The maximum atomic E-state index is 12.9. The van der Waals surface area contributed by atoms with E-state index >= 15 is 0 Å². The van der Waals surface area contributed by atoms with Gasteiger partial charge in [-0.3, -0.25) is 9.48 Å². The summed E-state index contributed by atoms with van der Waals surface area (Å²) in [5, 5.41) is 6.61. The summed E-state index contributed by atoms with van der Waals surface area (Å²) in [5.74, 6) is -0.504. The number of nitrogens with one attached hydrogen (secondary N) is 1. The van der Waals surface area contributed by atoms with Crippen LogP contribution >= 0.6 is 12.4 Å². The third-order valence-electron chi connectivity index (χ3n) is 3.55. The van der Waals surface area contributed by atoms with Crippen molar-refractivity contribution in [3.63, 3.8) is 0 Å². The van der Waals surface area contributed by atoms with Crippen molar-refractivity contribution in [3.8, 4) is 0 Å². The number of carbonyl (C=O) groups is 1. The molecule has 5 nitrogen and oxygen atoms in total. The molecule has 1 aromatic carbocycles. The summed E-state index contributed by atoms with van der Waals surface area (Å²) in [6.45, 7) is 3.32. The number of alkyl halides is 3. The molecule has 2 rings (SSSR count). The van der Waals surface area contributed by atoms with Crippen LogP contribution in [0.25, 0.3) is 0 Å². The van der Waals surface area contributed by atoms with Crippen LogP contribution in [0.3, 0.4) is 0 Å². The van der Waals surface area contributed by atoms with Crippen LogP contribution in [-0.2, 0) is 19.8 Å². The third-order valence-corrected chi connectivity index (χ3v) is 3.55. The summed E-state index contributed by atoms with van der Waals surface area (Å²) >= 11 is 0. The maximum absolute atomic E-state index is 12.9. The molecule has 2 aromatic rings. The molecule has 0 saturated carbocycles. The van der Waals surface area contributed by atoms with Crippen molar-refractivity contribution < 1.29 is 18.0 Å². The van der Waals surface area contributed by atoms with Gasteiger partial charge in [0.25, 0.3) is 5.91 Å². The van der Waals surface area contributed by atoms with E-state index in [1.165, 1.54) is 6.07 Å². The SMILES string of the molecule is Cc1nn(C)c(C)c1C(=O)Nc1cc(CN)cc(C(F)(F)F)c1.Cl. The van der Waals surface area contributed by atoms with Crippen molar-refractivity contribution in [1.82, 2.24) is 9.78 Å². The first kappa shape index (κ1) is 20.0. The van der Waals surface area contributed by atoms with Crippen LogP contribution < -0.4 is 11.1 Å². The molecule has 0 fully saturated rings. The molecule has 0 atom stereocenters. The second-order valence-electron chi connectivity index (χ2n) is 5.24. The van der Waals surface area contributed by atoms with Crippen LogP contribution in [0.15, 0.2) is 18.2 Å². The first-order valence-electron chi connectivity index (χ1n) is 6.86. The number of nitrogens with zero attached hydrogens (tertiary/aromatic N) is 2. The number of rotatable bonds is 3.